The topological polar surface area (TPSA) is 48.4 Å². The predicted molar refractivity (Wildman–Crippen MR) is 75.7 cm³/mol. The van der Waals surface area contributed by atoms with Crippen LogP contribution in [0.15, 0.2) is 17.5 Å². The van der Waals surface area contributed by atoms with Crippen LogP contribution in [-0.2, 0) is 0 Å². The van der Waals surface area contributed by atoms with Gasteiger partial charge in [0.15, 0.2) is 17.3 Å². The highest BCUT2D eigenvalue weighted by Crippen LogP contribution is 2.39. The molecule has 1 aromatic carbocycles. The van der Waals surface area contributed by atoms with Gasteiger partial charge in [0.05, 0.1) is 19.2 Å². The molecular weight excluding hydrogens is 286 g/mol. The molecule has 0 fully saturated rings. The van der Waals surface area contributed by atoms with Gasteiger partial charge in [-0.1, -0.05) is 11.6 Å². The Hall–Kier alpha value is -1.59. The first-order chi connectivity index (χ1) is 9.06. The molecule has 0 aliphatic heterocycles. The highest BCUT2D eigenvalue weighted by molar-refractivity contribution is 7.13. The number of hydrogen-bond acceptors (Lipinski definition) is 5. The van der Waals surface area contributed by atoms with Crippen molar-refractivity contribution in [3.8, 4) is 22.1 Å². The number of hydrogen-bond donors (Lipinski definition) is 0. The minimum atomic E-state index is -0.0610. The SMILES string of the molecule is COc1cc(-c2nc(C(C)=O)cs2)cc(Cl)c1OC. The van der Waals surface area contributed by atoms with Gasteiger partial charge in [-0.05, 0) is 12.1 Å². The van der Waals surface area contributed by atoms with E-state index >= 15 is 0 Å². The van der Waals surface area contributed by atoms with E-state index in [0.29, 0.717) is 27.2 Å². The van der Waals surface area contributed by atoms with Crippen molar-refractivity contribution in [2.24, 2.45) is 0 Å². The Morgan fingerprint density at radius 1 is 1.32 bits per heavy atom. The number of aromatic nitrogens is 1. The molecule has 0 aliphatic rings. The van der Waals surface area contributed by atoms with Crippen molar-refractivity contribution in [1.29, 1.82) is 0 Å². The molecule has 4 nitrogen and oxygen atoms in total. The number of carbonyl (C=O) groups is 1. The second-order valence-corrected chi connectivity index (χ2v) is 5.05. The number of halogens is 1. The molecule has 0 saturated carbocycles. The Morgan fingerprint density at radius 3 is 2.58 bits per heavy atom. The molecule has 0 N–H and O–H groups in total. The molecule has 0 bridgehead atoms. The van der Waals surface area contributed by atoms with Crippen LogP contribution in [-0.4, -0.2) is 25.0 Å². The van der Waals surface area contributed by atoms with E-state index in [4.69, 9.17) is 21.1 Å². The van der Waals surface area contributed by atoms with Gasteiger partial charge in [-0.25, -0.2) is 4.98 Å². The summed E-state index contributed by atoms with van der Waals surface area (Å²) in [6.07, 6.45) is 0. The van der Waals surface area contributed by atoms with E-state index in [0.717, 1.165) is 5.56 Å². The van der Waals surface area contributed by atoms with E-state index in [9.17, 15) is 4.79 Å². The Kier molecular flexibility index (Phi) is 4.07. The maximum Gasteiger partial charge on any atom is 0.179 e. The molecule has 0 amide bonds. The molecule has 0 radical (unpaired) electrons. The van der Waals surface area contributed by atoms with Gasteiger partial charge in [-0.15, -0.1) is 11.3 Å². The van der Waals surface area contributed by atoms with Gasteiger partial charge in [-0.2, -0.15) is 0 Å². The molecular formula is C13H12ClNO3S. The van der Waals surface area contributed by atoms with Crippen molar-refractivity contribution < 1.29 is 14.3 Å². The van der Waals surface area contributed by atoms with E-state index in [1.165, 1.54) is 25.4 Å². The Morgan fingerprint density at radius 2 is 2.05 bits per heavy atom. The largest absolute Gasteiger partial charge is 0.493 e. The van der Waals surface area contributed by atoms with E-state index < -0.39 is 0 Å². The smallest absolute Gasteiger partial charge is 0.179 e. The first-order valence-electron chi connectivity index (χ1n) is 5.45. The lowest BCUT2D eigenvalue weighted by Crippen LogP contribution is -1.93. The standard InChI is InChI=1S/C13H12ClNO3S/c1-7(16)10-6-19-13(15-10)8-4-9(14)12(18-3)11(5-8)17-2/h4-6H,1-3H3. The zero-order valence-corrected chi connectivity index (χ0v) is 12.3. The minimum Gasteiger partial charge on any atom is -0.493 e. The number of methoxy groups -OCH3 is 2. The fourth-order valence-electron chi connectivity index (χ4n) is 1.61. The van der Waals surface area contributed by atoms with Crippen molar-refractivity contribution >= 4 is 28.7 Å². The molecule has 1 aromatic heterocycles. The van der Waals surface area contributed by atoms with Gasteiger partial charge < -0.3 is 9.47 Å². The number of ether oxygens (including phenoxy) is 2. The fraction of sp³-hybridized carbons (Fsp3) is 0.231. The summed E-state index contributed by atoms with van der Waals surface area (Å²) in [6, 6.07) is 3.53. The number of carbonyl (C=O) groups excluding carboxylic acids is 1. The maximum atomic E-state index is 11.3. The monoisotopic (exact) mass is 297 g/mol. The summed E-state index contributed by atoms with van der Waals surface area (Å²) in [6.45, 7) is 1.49. The van der Waals surface area contributed by atoms with Crippen LogP contribution in [0.4, 0.5) is 0 Å². The summed E-state index contributed by atoms with van der Waals surface area (Å²) >= 11 is 7.52. The first kappa shape index (κ1) is 13.8. The van der Waals surface area contributed by atoms with Crippen LogP contribution in [0.1, 0.15) is 17.4 Å². The lowest BCUT2D eigenvalue weighted by atomic mass is 10.2. The summed E-state index contributed by atoms with van der Waals surface area (Å²) in [5, 5.41) is 2.88. The summed E-state index contributed by atoms with van der Waals surface area (Å²) in [5.41, 5.74) is 1.24. The highest BCUT2D eigenvalue weighted by Gasteiger charge is 2.14. The Balaban J connectivity index is 2.50. The van der Waals surface area contributed by atoms with E-state index in [2.05, 4.69) is 4.98 Å². The van der Waals surface area contributed by atoms with Crippen LogP contribution in [0.3, 0.4) is 0 Å². The number of Topliss-reactive ketones (excluding diaryl/α,β-unsaturated/α-hetero) is 1. The third-order valence-electron chi connectivity index (χ3n) is 2.55. The molecule has 0 spiro atoms. The average molecular weight is 298 g/mol. The van der Waals surface area contributed by atoms with Crippen LogP contribution in [0.5, 0.6) is 11.5 Å². The quantitative estimate of drug-likeness (QED) is 0.808. The lowest BCUT2D eigenvalue weighted by molar-refractivity contribution is 0.101. The summed E-state index contributed by atoms with van der Waals surface area (Å²) in [7, 11) is 3.07. The summed E-state index contributed by atoms with van der Waals surface area (Å²) < 4.78 is 10.4. The van der Waals surface area contributed by atoms with Gasteiger partial charge in [0, 0.05) is 17.9 Å². The van der Waals surface area contributed by atoms with E-state index in [-0.39, 0.29) is 5.78 Å². The third-order valence-corrected chi connectivity index (χ3v) is 3.72. The molecule has 1 heterocycles. The molecule has 0 aliphatic carbocycles. The molecule has 2 aromatic rings. The van der Waals surface area contributed by atoms with Gasteiger partial charge in [0.25, 0.3) is 0 Å². The molecule has 2 rings (SSSR count). The second kappa shape index (κ2) is 5.59. The molecule has 0 unspecified atom stereocenters. The molecule has 6 heteroatoms. The van der Waals surface area contributed by atoms with Crippen LogP contribution >= 0.6 is 22.9 Å². The minimum absolute atomic E-state index is 0.0610. The van der Waals surface area contributed by atoms with Crippen LogP contribution in [0, 0.1) is 0 Å². The third kappa shape index (κ3) is 2.72. The zero-order valence-electron chi connectivity index (χ0n) is 10.7. The number of nitrogens with zero attached hydrogens (tertiary/aromatic N) is 1. The van der Waals surface area contributed by atoms with Gasteiger partial charge in [-0.3, -0.25) is 4.79 Å². The van der Waals surface area contributed by atoms with Crippen molar-refractivity contribution in [2.45, 2.75) is 6.92 Å². The summed E-state index contributed by atoms with van der Waals surface area (Å²) in [5.74, 6) is 0.954. The maximum absolute atomic E-state index is 11.3. The molecule has 0 saturated heterocycles. The first-order valence-corrected chi connectivity index (χ1v) is 6.71. The normalized spacial score (nSPS) is 10.3. The van der Waals surface area contributed by atoms with Gasteiger partial charge >= 0.3 is 0 Å². The van der Waals surface area contributed by atoms with Crippen molar-refractivity contribution in [3.05, 3.63) is 28.2 Å². The lowest BCUT2D eigenvalue weighted by Gasteiger charge is -2.10. The molecule has 100 valence electrons. The number of benzene rings is 1. The van der Waals surface area contributed by atoms with Crippen LogP contribution < -0.4 is 9.47 Å². The van der Waals surface area contributed by atoms with E-state index in [1.54, 1.807) is 24.6 Å². The average Bonchev–Trinajstić information content (AvgIpc) is 2.87. The Bertz CT molecular complexity index is 624. The molecule has 19 heavy (non-hydrogen) atoms. The van der Waals surface area contributed by atoms with E-state index in [1.807, 2.05) is 0 Å². The number of thiazole rings is 1. The van der Waals surface area contributed by atoms with Crippen molar-refractivity contribution in [1.82, 2.24) is 4.98 Å². The highest BCUT2D eigenvalue weighted by atomic mass is 35.5. The van der Waals surface area contributed by atoms with Crippen LogP contribution in [0.2, 0.25) is 5.02 Å². The zero-order chi connectivity index (χ0) is 14.0. The van der Waals surface area contributed by atoms with Gasteiger partial charge in [0.1, 0.15) is 10.7 Å². The predicted octanol–water partition coefficient (Wildman–Crippen LogP) is 3.68. The van der Waals surface area contributed by atoms with Crippen molar-refractivity contribution in [2.75, 3.05) is 14.2 Å². The number of ketones is 1. The van der Waals surface area contributed by atoms with Crippen molar-refractivity contribution in [3.63, 3.8) is 0 Å². The Labute approximate surface area is 120 Å². The number of rotatable bonds is 4. The fourth-order valence-corrected chi connectivity index (χ4v) is 2.74. The summed E-state index contributed by atoms with van der Waals surface area (Å²) in [4.78, 5) is 15.5. The molecule has 0 atom stereocenters. The second-order valence-electron chi connectivity index (χ2n) is 3.79. The van der Waals surface area contributed by atoms with Gasteiger partial charge in [0.2, 0.25) is 0 Å². The van der Waals surface area contributed by atoms with Crippen LogP contribution in [0.25, 0.3) is 10.6 Å².